The predicted molar refractivity (Wildman–Crippen MR) is 150 cm³/mol. The zero-order valence-electron chi connectivity index (χ0n) is 21.6. The Balaban J connectivity index is 1.54. The topological polar surface area (TPSA) is 73.2 Å². The molecule has 1 fully saturated rings. The van der Waals surface area contributed by atoms with E-state index in [9.17, 15) is 8.42 Å². The summed E-state index contributed by atoms with van der Waals surface area (Å²) in [6.45, 7) is 1.95. The Labute approximate surface area is 224 Å². The molecule has 38 heavy (non-hydrogen) atoms. The molecule has 194 valence electrons. The molecule has 1 atom stereocenters. The highest BCUT2D eigenvalue weighted by Gasteiger charge is 2.40. The van der Waals surface area contributed by atoms with Gasteiger partial charge < -0.3 is 10.1 Å². The van der Waals surface area contributed by atoms with E-state index >= 15 is 0 Å². The second-order valence-electron chi connectivity index (χ2n) is 10.2. The summed E-state index contributed by atoms with van der Waals surface area (Å²) in [6.07, 6.45) is 7.99. The molecule has 1 saturated carbocycles. The molecule has 3 aromatic carbocycles. The number of hydrogen-bond donors (Lipinski definition) is 1. The van der Waals surface area contributed by atoms with Crippen LogP contribution >= 0.6 is 0 Å². The molecule has 1 unspecified atom stereocenters. The molecule has 0 amide bonds. The van der Waals surface area contributed by atoms with Crippen molar-refractivity contribution < 1.29 is 13.2 Å². The normalized spacial score (nSPS) is 19.0. The number of anilines is 1. The minimum Gasteiger partial charge on any atom is -0.497 e. The van der Waals surface area contributed by atoms with Crippen molar-refractivity contribution in [3.05, 3.63) is 113 Å². The predicted octanol–water partition coefficient (Wildman–Crippen LogP) is 5.96. The maximum atomic E-state index is 14.0. The van der Waals surface area contributed by atoms with Crippen LogP contribution in [0.1, 0.15) is 47.2 Å². The summed E-state index contributed by atoms with van der Waals surface area (Å²) < 4.78 is 34.7. The molecule has 7 heteroatoms. The highest BCUT2D eigenvalue weighted by atomic mass is 32.2. The lowest BCUT2D eigenvalue weighted by Crippen LogP contribution is -2.32. The Kier molecular flexibility index (Phi) is 6.11. The van der Waals surface area contributed by atoms with Crippen LogP contribution in [0.25, 0.3) is 6.08 Å². The van der Waals surface area contributed by atoms with Gasteiger partial charge in [-0.1, -0.05) is 72.3 Å². The Morgan fingerprint density at radius 3 is 2.26 bits per heavy atom. The second kappa shape index (κ2) is 9.48. The van der Waals surface area contributed by atoms with E-state index in [2.05, 4.69) is 35.7 Å². The van der Waals surface area contributed by atoms with E-state index in [1.807, 2.05) is 55.5 Å². The van der Waals surface area contributed by atoms with Gasteiger partial charge in [-0.3, -0.25) is 0 Å². The zero-order chi connectivity index (χ0) is 26.3. The SMILES string of the molecule is COc1ccc(C2(c3ccccc3)C=Cc3c(NC4CCC4)nn(S(=O)(=O)c4ccc(C)cc4)c3C2)cc1. The standard InChI is InChI=1S/C31H31N3O3S/c1-22-11-17-27(18-12-22)38(35,36)34-29-21-31(23-7-4-3-5-8-23,24-13-15-26(37-2)16-14-24)20-19-28(29)30(33-34)32-25-9-6-10-25/h3-5,7-8,11-20,25H,6,9-10,21H2,1-2H3,(H,32,33). The molecule has 0 radical (unpaired) electrons. The van der Waals surface area contributed by atoms with E-state index in [0.29, 0.717) is 24.0 Å². The van der Waals surface area contributed by atoms with Crippen LogP contribution in [-0.2, 0) is 21.9 Å². The maximum absolute atomic E-state index is 14.0. The van der Waals surface area contributed by atoms with Gasteiger partial charge in [0.1, 0.15) is 5.75 Å². The van der Waals surface area contributed by atoms with E-state index in [1.165, 1.54) is 10.5 Å². The number of fused-ring (bicyclic) bond motifs is 1. The number of allylic oxidation sites excluding steroid dienone is 1. The number of methoxy groups -OCH3 is 1. The number of hydrogen-bond acceptors (Lipinski definition) is 5. The van der Waals surface area contributed by atoms with Gasteiger partial charge in [0, 0.05) is 23.4 Å². The molecule has 6 rings (SSSR count). The van der Waals surface area contributed by atoms with Gasteiger partial charge in [-0.15, -0.1) is 5.10 Å². The van der Waals surface area contributed by atoms with Gasteiger partial charge in [0.15, 0.2) is 5.82 Å². The minimum absolute atomic E-state index is 0.230. The molecular formula is C31H31N3O3S. The Morgan fingerprint density at radius 2 is 1.63 bits per heavy atom. The van der Waals surface area contributed by atoms with Crippen LogP contribution in [-0.4, -0.2) is 30.8 Å². The van der Waals surface area contributed by atoms with Crippen molar-refractivity contribution in [2.24, 2.45) is 0 Å². The monoisotopic (exact) mass is 525 g/mol. The van der Waals surface area contributed by atoms with E-state index in [4.69, 9.17) is 9.84 Å². The summed E-state index contributed by atoms with van der Waals surface area (Å²) in [7, 11) is -2.26. The fourth-order valence-electron chi connectivity index (χ4n) is 5.38. The Hall–Kier alpha value is -3.84. The van der Waals surface area contributed by atoms with Crippen LogP contribution in [0.3, 0.4) is 0 Å². The van der Waals surface area contributed by atoms with Gasteiger partial charge in [0.05, 0.1) is 17.7 Å². The van der Waals surface area contributed by atoms with Crippen molar-refractivity contribution in [1.82, 2.24) is 9.19 Å². The fraction of sp³-hybridized carbons (Fsp3) is 0.258. The highest BCUT2D eigenvalue weighted by molar-refractivity contribution is 7.89. The van der Waals surface area contributed by atoms with Gasteiger partial charge in [0.25, 0.3) is 10.0 Å². The molecule has 2 aliphatic carbocycles. The first kappa shape index (κ1) is 24.5. The Morgan fingerprint density at radius 1 is 0.947 bits per heavy atom. The largest absolute Gasteiger partial charge is 0.497 e. The van der Waals surface area contributed by atoms with E-state index in [-0.39, 0.29) is 4.90 Å². The lowest BCUT2D eigenvalue weighted by Gasteiger charge is -2.35. The quantitative estimate of drug-likeness (QED) is 0.322. The molecule has 0 spiro atoms. The lowest BCUT2D eigenvalue weighted by atomic mass is 9.68. The van der Waals surface area contributed by atoms with Crippen molar-refractivity contribution in [1.29, 1.82) is 0 Å². The minimum atomic E-state index is -3.91. The average molecular weight is 526 g/mol. The summed E-state index contributed by atoms with van der Waals surface area (Å²) in [5.41, 5.74) is 4.09. The van der Waals surface area contributed by atoms with Gasteiger partial charge >= 0.3 is 0 Å². The molecule has 6 nitrogen and oxygen atoms in total. The van der Waals surface area contributed by atoms with Gasteiger partial charge in [-0.2, -0.15) is 12.5 Å². The van der Waals surface area contributed by atoms with Crippen LogP contribution in [0, 0.1) is 6.92 Å². The molecule has 0 bridgehead atoms. The van der Waals surface area contributed by atoms with Gasteiger partial charge in [0.2, 0.25) is 0 Å². The molecule has 0 saturated heterocycles. The third-order valence-corrected chi connectivity index (χ3v) is 9.48. The molecule has 1 heterocycles. The third-order valence-electron chi connectivity index (χ3n) is 7.86. The van der Waals surface area contributed by atoms with Crippen LogP contribution < -0.4 is 10.1 Å². The maximum Gasteiger partial charge on any atom is 0.283 e. The number of nitrogens with one attached hydrogen (secondary N) is 1. The number of aromatic nitrogens is 2. The fourth-order valence-corrected chi connectivity index (χ4v) is 6.70. The van der Waals surface area contributed by atoms with E-state index in [0.717, 1.165) is 40.8 Å². The first-order valence-electron chi connectivity index (χ1n) is 13.0. The highest BCUT2D eigenvalue weighted by Crippen LogP contribution is 2.44. The summed E-state index contributed by atoms with van der Waals surface area (Å²) in [5, 5.41) is 8.23. The number of benzene rings is 3. The van der Waals surface area contributed by atoms with Crippen molar-refractivity contribution in [2.45, 2.75) is 49.0 Å². The molecule has 4 aromatic rings. The zero-order valence-corrected chi connectivity index (χ0v) is 22.4. The molecule has 1 aromatic heterocycles. The van der Waals surface area contributed by atoms with Crippen LogP contribution in [0.2, 0.25) is 0 Å². The lowest BCUT2D eigenvalue weighted by molar-refractivity contribution is 0.414. The molecule has 1 N–H and O–H groups in total. The molecule has 0 aliphatic heterocycles. The van der Waals surface area contributed by atoms with Crippen LogP contribution in [0.5, 0.6) is 5.75 Å². The first-order valence-corrected chi connectivity index (χ1v) is 14.4. The van der Waals surface area contributed by atoms with E-state index in [1.54, 1.807) is 19.2 Å². The van der Waals surface area contributed by atoms with Gasteiger partial charge in [-0.25, -0.2) is 0 Å². The summed E-state index contributed by atoms with van der Waals surface area (Å²) in [5.74, 6) is 1.41. The summed E-state index contributed by atoms with van der Waals surface area (Å²) in [4.78, 5) is 0.230. The average Bonchev–Trinajstić information content (AvgIpc) is 3.29. The Bertz CT molecular complexity index is 1590. The smallest absolute Gasteiger partial charge is 0.283 e. The van der Waals surface area contributed by atoms with E-state index < -0.39 is 15.4 Å². The number of ether oxygens (including phenoxy) is 1. The third kappa shape index (κ3) is 4.11. The van der Waals surface area contributed by atoms with Crippen molar-refractivity contribution in [3.8, 4) is 5.75 Å². The molecular weight excluding hydrogens is 494 g/mol. The van der Waals surface area contributed by atoms with Crippen LogP contribution in [0.15, 0.2) is 89.8 Å². The van der Waals surface area contributed by atoms with Crippen molar-refractivity contribution >= 4 is 21.9 Å². The number of nitrogens with zero attached hydrogens (tertiary/aromatic N) is 2. The summed E-state index contributed by atoms with van der Waals surface area (Å²) >= 11 is 0. The summed E-state index contributed by atoms with van der Waals surface area (Å²) in [6, 6.07) is 25.5. The number of rotatable bonds is 7. The molecule has 2 aliphatic rings. The van der Waals surface area contributed by atoms with Crippen LogP contribution in [0.4, 0.5) is 5.82 Å². The second-order valence-corrected chi connectivity index (χ2v) is 12.0. The van der Waals surface area contributed by atoms with Crippen molar-refractivity contribution in [2.75, 3.05) is 12.4 Å². The van der Waals surface area contributed by atoms with Gasteiger partial charge in [-0.05, 0) is 61.6 Å². The van der Waals surface area contributed by atoms with Crippen molar-refractivity contribution in [3.63, 3.8) is 0 Å². The number of aryl methyl sites for hydroxylation is 1. The first-order chi connectivity index (χ1) is 18.4.